The van der Waals surface area contributed by atoms with Crippen LogP contribution in [0.3, 0.4) is 0 Å². The van der Waals surface area contributed by atoms with Crippen molar-refractivity contribution in [2.45, 2.75) is 23.8 Å². The van der Waals surface area contributed by atoms with Gasteiger partial charge >= 0.3 is 6.03 Å². The van der Waals surface area contributed by atoms with E-state index in [0.29, 0.717) is 25.9 Å². The standard InChI is InChI=1S/C17H24N4O4S/c1-2-10-18-17(23)19-16(22)13-21-11-8-14(9-12-21)20-26(24,25)15-6-4-3-5-7-15/h2-7,14,20H,1,8-13H2,(H2,18,19,22,23). The molecule has 0 atom stereocenters. The van der Waals surface area contributed by atoms with Gasteiger partial charge < -0.3 is 5.32 Å². The summed E-state index contributed by atoms with van der Waals surface area (Å²) in [4.78, 5) is 25.4. The number of nitrogens with one attached hydrogen (secondary N) is 3. The zero-order chi connectivity index (χ0) is 19.0. The van der Waals surface area contributed by atoms with Crippen LogP contribution < -0.4 is 15.4 Å². The Hall–Kier alpha value is -2.23. The molecule has 0 aliphatic carbocycles. The summed E-state index contributed by atoms with van der Waals surface area (Å²) in [6, 6.07) is 7.51. The van der Waals surface area contributed by atoms with E-state index in [2.05, 4.69) is 21.9 Å². The first-order valence-corrected chi connectivity index (χ1v) is 9.87. The second-order valence-electron chi connectivity index (χ2n) is 6.03. The molecule has 3 amide bonds. The first-order chi connectivity index (χ1) is 12.4. The van der Waals surface area contributed by atoms with Crippen LogP contribution in [0.5, 0.6) is 0 Å². The van der Waals surface area contributed by atoms with Crippen molar-refractivity contribution in [2.24, 2.45) is 0 Å². The molecule has 9 heteroatoms. The maximum absolute atomic E-state index is 12.3. The highest BCUT2D eigenvalue weighted by Crippen LogP contribution is 2.14. The van der Waals surface area contributed by atoms with E-state index in [9.17, 15) is 18.0 Å². The normalized spacial score (nSPS) is 16.0. The number of amides is 3. The van der Waals surface area contributed by atoms with Crippen LogP contribution in [-0.4, -0.2) is 57.5 Å². The monoisotopic (exact) mass is 380 g/mol. The van der Waals surface area contributed by atoms with Crippen LogP contribution in [0, 0.1) is 0 Å². The molecule has 2 rings (SSSR count). The largest absolute Gasteiger partial charge is 0.334 e. The van der Waals surface area contributed by atoms with Crippen molar-refractivity contribution in [2.75, 3.05) is 26.2 Å². The third-order valence-electron chi connectivity index (χ3n) is 3.99. The van der Waals surface area contributed by atoms with Gasteiger partial charge in [0.1, 0.15) is 0 Å². The van der Waals surface area contributed by atoms with Gasteiger partial charge in [-0.2, -0.15) is 0 Å². The summed E-state index contributed by atoms with van der Waals surface area (Å²) in [6.45, 7) is 5.00. The number of imide groups is 1. The molecule has 1 fully saturated rings. The molecule has 1 aliphatic heterocycles. The van der Waals surface area contributed by atoms with E-state index in [1.165, 1.54) is 6.08 Å². The van der Waals surface area contributed by atoms with Gasteiger partial charge in [0.05, 0.1) is 11.4 Å². The minimum absolute atomic E-state index is 0.0969. The van der Waals surface area contributed by atoms with Gasteiger partial charge in [-0.3, -0.25) is 15.0 Å². The molecule has 26 heavy (non-hydrogen) atoms. The van der Waals surface area contributed by atoms with E-state index in [0.717, 1.165) is 0 Å². The summed E-state index contributed by atoms with van der Waals surface area (Å²) in [5.74, 6) is -0.394. The minimum Gasteiger partial charge on any atom is -0.334 e. The number of hydrogen-bond acceptors (Lipinski definition) is 5. The van der Waals surface area contributed by atoms with Crippen molar-refractivity contribution in [3.8, 4) is 0 Å². The quantitative estimate of drug-likeness (QED) is 0.595. The van der Waals surface area contributed by atoms with E-state index in [1.54, 1.807) is 30.3 Å². The average molecular weight is 380 g/mol. The molecule has 0 radical (unpaired) electrons. The number of carbonyl (C=O) groups excluding carboxylic acids is 2. The van der Waals surface area contributed by atoms with E-state index < -0.39 is 22.0 Å². The first kappa shape index (κ1) is 20.1. The molecular formula is C17H24N4O4S. The molecule has 1 aromatic carbocycles. The highest BCUT2D eigenvalue weighted by molar-refractivity contribution is 7.89. The molecule has 0 spiro atoms. The number of likely N-dealkylation sites (tertiary alicyclic amines) is 1. The van der Waals surface area contributed by atoms with Crippen molar-refractivity contribution < 1.29 is 18.0 Å². The van der Waals surface area contributed by atoms with Crippen LogP contribution in [-0.2, 0) is 14.8 Å². The number of rotatable bonds is 7. The number of carbonyl (C=O) groups is 2. The molecule has 1 aromatic rings. The molecule has 0 aromatic heterocycles. The molecule has 142 valence electrons. The van der Waals surface area contributed by atoms with Gasteiger partial charge in [0.15, 0.2) is 0 Å². The maximum atomic E-state index is 12.3. The summed E-state index contributed by atoms with van der Waals surface area (Å²) in [5, 5.41) is 4.71. The number of hydrogen-bond donors (Lipinski definition) is 3. The molecule has 0 unspecified atom stereocenters. The highest BCUT2D eigenvalue weighted by atomic mass is 32.2. The van der Waals surface area contributed by atoms with Gasteiger partial charge in [0.25, 0.3) is 0 Å². The lowest BCUT2D eigenvalue weighted by Gasteiger charge is -2.31. The van der Waals surface area contributed by atoms with Crippen LogP contribution in [0.4, 0.5) is 4.79 Å². The number of sulfonamides is 1. The lowest BCUT2D eigenvalue weighted by atomic mass is 10.1. The van der Waals surface area contributed by atoms with Crippen molar-refractivity contribution >= 4 is 22.0 Å². The van der Waals surface area contributed by atoms with Gasteiger partial charge in [-0.25, -0.2) is 17.9 Å². The molecule has 1 aliphatic rings. The maximum Gasteiger partial charge on any atom is 0.321 e. The van der Waals surface area contributed by atoms with Crippen molar-refractivity contribution in [3.05, 3.63) is 43.0 Å². The lowest BCUT2D eigenvalue weighted by Crippen LogP contribution is -2.49. The zero-order valence-corrected chi connectivity index (χ0v) is 15.3. The summed E-state index contributed by atoms with van der Waals surface area (Å²) < 4.78 is 27.4. The lowest BCUT2D eigenvalue weighted by molar-refractivity contribution is -0.121. The Morgan fingerprint density at radius 2 is 1.85 bits per heavy atom. The van der Waals surface area contributed by atoms with Gasteiger partial charge in [-0.05, 0) is 25.0 Å². The molecular weight excluding hydrogens is 356 g/mol. The molecule has 1 heterocycles. The predicted octanol–water partition coefficient (Wildman–Crippen LogP) is 0.441. The van der Waals surface area contributed by atoms with E-state index >= 15 is 0 Å². The molecule has 8 nitrogen and oxygen atoms in total. The first-order valence-electron chi connectivity index (χ1n) is 8.39. The van der Waals surface area contributed by atoms with Crippen molar-refractivity contribution in [1.29, 1.82) is 0 Å². The number of piperidine rings is 1. The summed E-state index contributed by atoms with van der Waals surface area (Å²) in [7, 11) is -3.53. The van der Waals surface area contributed by atoms with Crippen LogP contribution in [0.1, 0.15) is 12.8 Å². The van der Waals surface area contributed by atoms with Crippen LogP contribution in [0.15, 0.2) is 47.9 Å². The second-order valence-corrected chi connectivity index (χ2v) is 7.75. The Kier molecular flexibility index (Phi) is 7.31. The molecule has 1 saturated heterocycles. The zero-order valence-electron chi connectivity index (χ0n) is 14.5. The minimum atomic E-state index is -3.53. The van der Waals surface area contributed by atoms with E-state index in [-0.39, 0.29) is 24.0 Å². The molecule has 3 N–H and O–H groups in total. The molecule has 0 saturated carbocycles. The predicted molar refractivity (Wildman–Crippen MR) is 98.0 cm³/mol. The van der Waals surface area contributed by atoms with Gasteiger partial charge in [-0.1, -0.05) is 24.3 Å². The van der Waals surface area contributed by atoms with Crippen LogP contribution >= 0.6 is 0 Å². The Morgan fingerprint density at radius 1 is 1.19 bits per heavy atom. The summed E-state index contributed by atoms with van der Waals surface area (Å²) in [6.07, 6.45) is 2.72. The summed E-state index contributed by atoms with van der Waals surface area (Å²) >= 11 is 0. The van der Waals surface area contributed by atoms with Crippen molar-refractivity contribution in [3.63, 3.8) is 0 Å². The summed E-state index contributed by atoms with van der Waals surface area (Å²) in [5.41, 5.74) is 0. The van der Waals surface area contributed by atoms with Gasteiger partial charge in [0.2, 0.25) is 15.9 Å². The fourth-order valence-electron chi connectivity index (χ4n) is 2.67. The number of nitrogens with zero attached hydrogens (tertiary/aromatic N) is 1. The van der Waals surface area contributed by atoms with Crippen molar-refractivity contribution in [1.82, 2.24) is 20.3 Å². The Bertz CT molecular complexity index is 728. The highest BCUT2D eigenvalue weighted by Gasteiger charge is 2.25. The SMILES string of the molecule is C=CCNC(=O)NC(=O)CN1CCC(NS(=O)(=O)c2ccccc2)CC1. The number of urea groups is 1. The Labute approximate surface area is 153 Å². The van der Waals surface area contributed by atoms with Gasteiger partial charge in [-0.15, -0.1) is 6.58 Å². The molecule has 0 bridgehead atoms. The number of benzene rings is 1. The van der Waals surface area contributed by atoms with Crippen LogP contribution in [0.2, 0.25) is 0 Å². The fourth-order valence-corrected chi connectivity index (χ4v) is 4.00. The third kappa shape index (κ3) is 6.25. The smallest absolute Gasteiger partial charge is 0.321 e. The Balaban J connectivity index is 1.76. The van der Waals surface area contributed by atoms with E-state index in [1.807, 2.05) is 4.90 Å². The second kappa shape index (κ2) is 9.46. The topological polar surface area (TPSA) is 108 Å². The van der Waals surface area contributed by atoms with E-state index in [4.69, 9.17) is 0 Å². The third-order valence-corrected chi connectivity index (χ3v) is 5.53. The van der Waals surface area contributed by atoms with Gasteiger partial charge in [0, 0.05) is 25.7 Å². The average Bonchev–Trinajstić information content (AvgIpc) is 2.62. The van der Waals surface area contributed by atoms with Crippen LogP contribution in [0.25, 0.3) is 0 Å². The Morgan fingerprint density at radius 3 is 2.46 bits per heavy atom. The fraction of sp³-hybridized carbons (Fsp3) is 0.412.